The van der Waals surface area contributed by atoms with E-state index in [1.807, 2.05) is 6.07 Å². The van der Waals surface area contributed by atoms with Crippen molar-refractivity contribution >= 4 is 28.5 Å². The molecule has 0 aliphatic carbocycles. The molecule has 1 N–H and O–H groups in total. The van der Waals surface area contributed by atoms with Crippen LogP contribution in [0.15, 0.2) is 33.6 Å². The molecule has 8 heteroatoms. The number of hydrogen-bond acceptors (Lipinski definition) is 5. The number of H-pyrrole nitrogens is 1. The molecule has 0 radical (unpaired) electrons. The number of likely N-dealkylation sites (tertiary alicyclic amines) is 1. The molecule has 0 bridgehead atoms. The third kappa shape index (κ3) is 3.08. The second-order valence-corrected chi connectivity index (χ2v) is 7.07. The molecule has 1 fully saturated rings. The van der Waals surface area contributed by atoms with Gasteiger partial charge >= 0.3 is 5.63 Å². The SMILES string of the molecule is COc1cc2oc(=O)c(CC(=O)N3CC(c4ccn[nH]4)C3)c(C)c2cc1Cl. The van der Waals surface area contributed by atoms with Gasteiger partial charge in [0.1, 0.15) is 11.3 Å². The van der Waals surface area contributed by atoms with E-state index in [9.17, 15) is 9.59 Å². The predicted octanol–water partition coefficient (Wildman–Crippen LogP) is 2.66. The van der Waals surface area contributed by atoms with E-state index in [0.717, 1.165) is 5.69 Å². The molecule has 3 aromatic rings. The summed E-state index contributed by atoms with van der Waals surface area (Å²) >= 11 is 6.19. The van der Waals surface area contributed by atoms with Crippen LogP contribution in [0.25, 0.3) is 11.0 Å². The summed E-state index contributed by atoms with van der Waals surface area (Å²) in [7, 11) is 1.49. The Balaban J connectivity index is 1.57. The van der Waals surface area contributed by atoms with Gasteiger partial charge in [-0.2, -0.15) is 5.10 Å². The molecule has 2 aromatic heterocycles. The zero-order valence-electron chi connectivity index (χ0n) is 14.9. The number of amides is 1. The van der Waals surface area contributed by atoms with Gasteiger partial charge < -0.3 is 14.1 Å². The smallest absolute Gasteiger partial charge is 0.340 e. The summed E-state index contributed by atoms with van der Waals surface area (Å²) in [6.45, 7) is 3.03. The topological polar surface area (TPSA) is 88.4 Å². The Kier molecular flexibility index (Phi) is 4.39. The van der Waals surface area contributed by atoms with E-state index >= 15 is 0 Å². The van der Waals surface area contributed by atoms with Gasteiger partial charge in [-0.1, -0.05) is 11.6 Å². The average Bonchev–Trinajstić information content (AvgIpc) is 3.12. The number of carbonyl (C=O) groups is 1. The molecule has 1 amide bonds. The van der Waals surface area contributed by atoms with E-state index in [0.29, 0.717) is 46.0 Å². The molecule has 0 unspecified atom stereocenters. The van der Waals surface area contributed by atoms with Crippen molar-refractivity contribution in [3.8, 4) is 5.75 Å². The monoisotopic (exact) mass is 387 g/mol. The minimum atomic E-state index is -0.511. The molecule has 0 saturated carbocycles. The maximum absolute atomic E-state index is 12.6. The van der Waals surface area contributed by atoms with Crippen LogP contribution in [0.4, 0.5) is 0 Å². The van der Waals surface area contributed by atoms with E-state index in [1.54, 1.807) is 30.2 Å². The molecular weight excluding hydrogens is 370 g/mol. The number of fused-ring (bicyclic) bond motifs is 1. The van der Waals surface area contributed by atoms with Crippen LogP contribution in [0.5, 0.6) is 5.75 Å². The molecule has 27 heavy (non-hydrogen) atoms. The first-order valence-electron chi connectivity index (χ1n) is 8.54. The van der Waals surface area contributed by atoms with Crippen molar-refractivity contribution < 1.29 is 13.9 Å². The lowest BCUT2D eigenvalue weighted by Gasteiger charge is -2.38. The Morgan fingerprint density at radius 3 is 2.89 bits per heavy atom. The first kappa shape index (κ1) is 17.6. The van der Waals surface area contributed by atoms with Gasteiger partial charge in [0.2, 0.25) is 5.91 Å². The van der Waals surface area contributed by atoms with E-state index in [4.69, 9.17) is 20.8 Å². The van der Waals surface area contributed by atoms with Gasteiger partial charge in [-0.25, -0.2) is 4.79 Å². The van der Waals surface area contributed by atoms with Gasteiger partial charge in [0.25, 0.3) is 0 Å². The highest BCUT2D eigenvalue weighted by Gasteiger charge is 2.33. The van der Waals surface area contributed by atoms with E-state index in [-0.39, 0.29) is 18.2 Å². The summed E-state index contributed by atoms with van der Waals surface area (Å²) in [5, 5.41) is 7.98. The average molecular weight is 388 g/mol. The minimum Gasteiger partial charge on any atom is -0.495 e. The Hall–Kier alpha value is -2.80. The number of rotatable bonds is 4. The van der Waals surface area contributed by atoms with E-state index in [2.05, 4.69) is 10.2 Å². The van der Waals surface area contributed by atoms with Gasteiger partial charge in [0, 0.05) is 42.4 Å². The van der Waals surface area contributed by atoms with Crippen LogP contribution in [0.1, 0.15) is 22.7 Å². The third-order valence-electron chi connectivity index (χ3n) is 5.08. The second-order valence-electron chi connectivity index (χ2n) is 6.66. The van der Waals surface area contributed by atoms with E-state index < -0.39 is 5.63 Å². The molecule has 0 atom stereocenters. The molecule has 7 nitrogen and oxygen atoms in total. The summed E-state index contributed by atoms with van der Waals surface area (Å²) in [6, 6.07) is 5.19. The van der Waals surface area contributed by atoms with Crippen LogP contribution in [0.2, 0.25) is 5.02 Å². The van der Waals surface area contributed by atoms with Crippen molar-refractivity contribution in [1.82, 2.24) is 15.1 Å². The summed E-state index contributed by atoms with van der Waals surface area (Å²) in [5.41, 5.74) is 1.95. The van der Waals surface area contributed by atoms with Crippen molar-refractivity contribution in [2.75, 3.05) is 20.2 Å². The Morgan fingerprint density at radius 1 is 1.44 bits per heavy atom. The number of aromatic amines is 1. The number of ether oxygens (including phenoxy) is 1. The molecule has 1 aliphatic heterocycles. The normalized spacial score (nSPS) is 14.4. The van der Waals surface area contributed by atoms with Gasteiger partial charge in [-0.3, -0.25) is 9.89 Å². The fourth-order valence-electron chi connectivity index (χ4n) is 3.39. The Morgan fingerprint density at radius 2 is 2.22 bits per heavy atom. The second kappa shape index (κ2) is 6.74. The van der Waals surface area contributed by atoms with Crippen LogP contribution in [0, 0.1) is 6.92 Å². The van der Waals surface area contributed by atoms with Crippen molar-refractivity contribution in [1.29, 1.82) is 0 Å². The molecular formula is C19H18ClN3O4. The number of hydrogen-bond donors (Lipinski definition) is 1. The fourth-order valence-corrected chi connectivity index (χ4v) is 3.63. The zero-order valence-corrected chi connectivity index (χ0v) is 15.7. The highest BCUT2D eigenvalue weighted by molar-refractivity contribution is 6.32. The number of carbonyl (C=O) groups excluding carboxylic acids is 1. The zero-order chi connectivity index (χ0) is 19.1. The summed E-state index contributed by atoms with van der Waals surface area (Å²) in [4.78, 5) is 26.8. The van der Waals surface area contributed by atoms with Crippen LogP contribution in [0.3, 0.4) is 0 Å². The molecule has 1 saturated heterocycles. The van der Waals surface area contributed by atoms with Gasteiger partial charge in [0.05, 0.1) is 24.1 Å². The summed E-state index contributed by atoms with van der Waals surface area (Å²) < 4.78 is 10.6. The van der Waals surface area contributed by atoms with Crippen molar-refractivity contribution in [2.45, 2.75) is 19.3 Å². The number of nitrogens with one attached hydrogen (secondary N) is 1. The highest BCUT2D eigenvalue weighted by atomic mass is 35.5. The van der Waals surface area contributed by atoms with Gasteiger partial charge in [-0.15, -0.1) is 0 Å². The number of aromatic nitrogens is 2. The number of nitrogens with zero attached hydrogens (tertiary/aromatic N) is 2. The largest absolute Gasteiger partial charge is 0.495 e. The Labute approximate surface area is 159 Å². The number of benzene rings is 1. The molecule has 1 aliphatic rings. The molecule has 140 valence electrons. The minimum absolute atomic E-state index is 0.00342. The molecule has 3 heterocycles. The van der Waals surface area contributed by atoms with Crippen molar-refractivity contribution in [3.63, 3.8) is 0 Å². The fraction of sp³-hybridized carbons (Fsp3) is 0.316. The van der Waals surface area contributed by atoms with Crippen LogP contribution < -0.4 is 10.4 Å². The lowest BCUT2D eigenvalue weighted by Crippen LogP contribution is -2.49. The number of aryl methyl sites for hydroxylation is 1. The standard InChI is InChI=1S/C19H18ClN3O4/c1-10-12-5-14(20)17(26-2)7-16(12)27-19(25)13(10)6-18(24)23-8-11(9-23)15-3-4-21-22-15/h3-5,7,11H,6,8-9H2,1-2H3,(H,21,22). The van der Waals surface area contributed by atoms with Crippen molar-refractivity contribution in [3.05, 3.63) is 56.7 Å². The first-order chi connectivity index (χ1) is 13.0. The van der Waals surface area contributed by atoms with Crippen LogP contribution >= 0.6 is 11.6 Å². The molecule has 0 spiro atoms. The number of halogens is 1. The maximum Gasteiger partial charge on any atom is 0.340 e. The van der Waals surface area contributed by atoms with Crippen LogP contribution in [-0.2, 0) is 11.2 Å². The summed E-state index contributed by atoms with van der Waals surface area (Å²) in [6.07, 6.45) is 1.70. The first-order valence-corrected chi connectivity index (χ1v) is 8.92. The maximum atomic E-state index is 12.6. The molecule has 4 rings (SSSR count). The predicted molar refractivity (Wildman–Crippen MR) is 100 cm³/mol. The lowest BCUT2D eigenvalue weighted by atomic mass is 9.95. The van der Waals surface area contributed by atoms with Gasteiger partial charge in [-0.05, 0) is 24.6 Å². The van der Waals surface area contributed by atoms with E-state index in [1.165, 1.54) is 7.11 Å². The lowest BCUT2D eigenvalue weighted by molar-refractivity contribution is -0.135. The Bertz CT molecular complexity index is 1070. The molecule has 1 aromatic carbocycles. The summed E-state index contributed by atoms with van der Waals surface area (Å²) in [5.74, 6) is 0.595. The number of methoxy groups -OCH3 is 1. The van der Waals surface area contributed by atoms with Crippen LogP contribution in [-0.4, -0.2) is 41.2 Å². The van der Waals surface area contributed by atoms with Gasteiger partial charge in [0.15, 0.2) is 0 Å². The van der Waals surface area contributed by atoms with Crippen molar-refractivity contribution in [2.24, 2.45) is 0 Å². The third-order valence-corrected chi connectivity index (χ3v) is 5.38. The highest BCUT2D eigenvalue weighted by Crippen LogP contribution is 2.32. The quantitative estimate of drug-likeness (QED) is 0.695.